The maximum absolute atomic E-state index is 12.0. The minimum Gasteiger partial charge on any atom is -0.387 e. The number of amides is 1. The van der Waals surface area contributed by atoms with Crippen molar-refractivity contribution in [3.8, 4) is 0 Å². The Morgan fingerprint density at radius 3 is 2.34 bits per heavy atom. The summed E-state index contributed by atoms with van der Waals surface area (Å²) < 4.78 is 0. The fraction of sp³-hybridized carbons (Fsp3) is 0.227. The lowest BCUT2D eigenvalue weighted by Gasteiger charge is -2.12. The summed E-state index contributed by atoms with van der Waals surface area (Å²) in [7, 11) is 0. The molecule has 3 rings (SSSR count). The molecule has 1 amide bonds. The Balaban J connectivity index is 0.00000300. The van der Waals surface area contributed by atoms with Crippen molar-refractivity contribution in [3.63, 3.8) is 0 Å². The highest BCUT2D eigenvalue weighted by atomic mass is 35.5. The molecule has 7 heteroatoms. The number of aliphatic hydroxyl groups is 1. The predicted molar refractivity (Wildman–Crippen MR) is 116 cm³/mol. The lowest BCUT2D eigenvalue weighted by molar-refractivity contribution is -0.115. The summed E-state index contributed by atoms with van der Waals surface area (Å²) in [6.45, 7) is 1.28. The molecule has 0 unspecified atom stereocenters. The van der Waals surface area contributed by atoms with Crippen molar-refractivity contribution in [2.75, 3.05) is 18.4 Å². The number of aliphatic hydroxyl groups excluding tert-OH is 1. The molecule has 1 heterocycles. The number of nitrogens with one attached hydrogen (secondary N) is 2. The monoisotopic (exact) mass is 412 g/mol. The number of rotatable bonds is 9. The highest BCUT2D eigenvalue weighted by Crippen LogP contribution is 2.12. The largest absolute Gasteiger partial charge is 0.387 e. The normalized spacial score (nSPS) is 11.3. The van der Waals surface area contributed by atoms with Crippen molar-refractivity contribution in [2.45, 2.75) is 18.9 Å². The first-order valence-electron chi connectivity index (χ1n) is 9.29. The van der Waals surface area contributed by atoms with Crippen LogP contribution < -0.4 is 10.6 Å². The van der Waals surface area contributed by atoms with Gasteiger partial charge in [0, 0.05) is 24.6 Å². The number of hydrogen-bond donors (Lipinski definition) is 3. The van der Waals surface area contributed by atoms with Crippen LogP contribution in [0.2, 0.25) is 0 Å². The van der Waals surface area contributed by atoms with E-state index in [4.69, 9.17) is 0 Å². The maximum Gasteiger partial charge on any atom is 0.232 e. The molecule has 0 spiro atoms. The van der Waals surface area contributed by atoms with Crippen molar-refractivity contribution >= 4 is 24.0 Å². The molecule has 1 atom stereocenters. The van der Waals surface area contributed by atoms with E-state index in [0.717, 1.165) is 29.8 Å². The second-order valence-electron chi connectivity index (χ2n) is 6.47. The molecule has 0 bridgehead atoms. The van der Waals surface area contributed by atoms with Crippen molar-refractivity contribution < 1.29 is 9.90 Å². The smallest absolute Gasteiger partial charge is 0.232 e. The Labute approximate surface area is 176 Å². The van der Waals surface area contributed by atoms with Crippen LogP contribution in [0.3, 0.4) is 0 Å². The summed E-state index contributed by atoms with van der Waals surface area (Å²) in [5.74, 6) is 0.357. The first-order chi connectivity index (χ1) is 13.7. The second-order valence-corrected chi connectivity index (χ2v) is 6.47. The van der Waals surface area contributed by atoms with E-state index in [1.54, 1.807) is 18.5 Å². The second kappa shape index (κ2) is 11.9. The number of carbonyl (C=O) groups excluding carboxylic acids is 1. The zero-order valence-corrected chi connectivity index (χ0v) is 16.8. The Morgan fingerprint density at radius 1 is 0.966 bits per heavy atom. The van der Waals surface area contributed by atoms with Crippen molar-refractivity contribution in [2.24, 2.45) is 0 Å². The van der Waals surface area contributed by atoms with E-state index < -0.39 is 6.10 Å². The molecule has 3 N–H and O–H groups in total. The zero-order valence-electron chi connectivity index (χ0n) is 16.0. The summed E-state index contributed by atoms with van der Waals surface area (Å²) in [6.07, 6.45) is 3.73. The van der Waals surface area contributed by atoms with E-state index in [1.807, 2.05) is 54.6 Å². The Bertz CT molecular complexity index is 861. The number of halogens is 1. The third kappa shape index (κ3) is 7.62. The Hall–Kier alpha value is -2.80. The van der Waals surface area contributed by atoms with E-state index in [-0.39, 0.29) is 24.7 Å². The van der Waals surface area contributed by atoms with Gasteiger partial charge in [0.05, 0.1) is 12.5 Å². The average molecular weight is 413 g/mol. The Morgan fingerprint density at radius 2 is 1.66 bits per heavy atom. The number of carbonyl (C=O) groups is 1. The van der Waals surface area contributed by atoms with Crippen molar-refractivity contribution in [1.82, 2.24) is 15.3 Å². The van der Waals surface area contributed by atoms with Crippen LogP contribution in [0.5, 0.6) is 0 Å². The van der Waals surface area contributed by atoms with Crippen LogP contribution in [0.15, 0.2) is 73.1 Å². The molecule has 0 radical (unpaired) electrons. The minimum absolute atomic E-state index is 0. The number of aromatic nitrogens is 2. The highest BCUT2D eigenvalue weighted by Gasteiger charge is 2.07. The van der Waals surface area contributed by atoms with Gasteiger partial charge in [-0.25, -0.2) is 9.97 Å². The van der Waals surface area contributed by atoms with Gasteiger partial charge in [-0.05, 0) is 42.3 Å². The lowest BCUT2D eigenvalue weighted by atomic mass is 10.1. The number of hydrogen-bond acceptors (Lipinski definition) is 5. The van der Waals surface area contributed by atoms with E-state index in [1.165, 1.54) is 0 Å². The van der Waals surface area contributed by atoms with Gasteiger partial charge in [0.15, 0.2) is 0 Å². The third-order valence-electron chi connectivity index (χ3n) is 4.29. The van der Waals surface area contributed by atoms with Gasteiger partial charge in [0.25, 0.3) is 0 Å². The standard InChI is InChI=1S/C22H24N4O2.ClH/c27-20(18-5-2-1-3-6-18)16-23-14-11-17-7-9-19(10-8-17)26-22(28)15-21-24-12-4-13-25-21;/h1-10,12-13,20,23,27H,11,14-16H2,(H,26,28);1H/t20-;/m0./s1. The van der Waals surface area contributed by atoms with E-state index in [9.17, 15) is 9.90 Å². The zero-order chi connectivity index (χ0) is 19.6. The maximum atomic E-state index is 12.0. The number of benzene rings is 2. The third-order valence-corrected chi connectivity index (χ3v) is 4.29. The van der Waals surface area contributed by atoms with Crippen LogP contribution >= 0.6 is 12.4 Å². The van der Waals surface area contributed by atoms with Crippen LogP contribution in [0.1, 0.15) is 23.1 Å². The first-order valence-corrected chi connectivity index (χ1v) is 9.29. The number of nitrogens with zero attached hydrogens (tertiary/aromatic N) is 2. The molecule has 0 aliphatic rings. The van der Waals surface area contributed by atoms with Gasteiger partial charge in [-0.15, -0.1) is 12.4 Å². The first kappa shape index (κ1) is 22.5. The summed E-state index contributed by atoms with van der Waals surface area (Å²) in [6, 6.07) is 19.1. The molecule has 0 saturated heterocycles. The van der Waals surface area contributed by atoms with Gasteiger partial charge >= 0.3 is 0 Å². The fourth-order valence-corrected chi connectivity index (χ4v) is 2.79. The average Bonchev–Trinajstić information content (AvgIpc) is 2.73. The topological polar surface area (TPSA) is 87.1 Å². The van der Waals surface area contributed by atoms with Gasteiger partial charge in [-0.1, -0.05) is 42.5 Å². The Kier molecular flexibility index (Phi) is 9.24. The molecule has 152 valence electrons. The molecule has 2 aromatic carbocycles. The van der Waals surface area contributed by atoms with E-state index in [2.05, 4.69) is 20.6 Å². The van der Waals surface area contributed by atoms with Gasteiger partial charge in [0.2, 0.25) is 5.91 Å². The molecule has 29 heavy (non-hydrogen) atoms. The minimum atomic E-state index is -0.507. The predicted octanol–water partition coefficient (Wildman–Crippen LogP) is 2.95. The molecule has 0 fully saturated rings. The number of anilines is 1. The molecule has 6 nitrogen and oxygen atoms in total. The molecule has 0 aliphatic heterocycles. The van der Waals surface area contributed by atoms with E-state index >= 15 is 0 Å². The van der Waals surface area contributed by atoms with Crippen LogP contribution in [0, 0.1) is 0 Å². The van der Waals surface area contributed by atoms with Crippen LogP contribution in [-0.4, -0.2) is 34.1 Å². The fourth-order valence-electron chi connectivity index (χ4n) is 2.79. The summed E-state index contributed by atoms with van der Waals surface area (Å²) >= 11 is 0. The van der Waals surface area contributed by atoms with Gasteiger partial charge < -0.3 is 15.7 Å². The SMILES string of the molecule is Cl.O=C(Cc1ncccn1)Nc1ccc(CCNC[C@H](O)c2ccccc2)cc1. The summed E-state index contributed by atoms with van der Waals surface area (Å²) in [4.78, 5) is 20.1. The lowest BCUT2D eigenvalue weighted by Crippen LogP contribution is -2.23. The van der Waals surface area contributed by atoms with Crippen LogP contribution in [0.25, 0.3) is 0 Å². The molecule has 1 aromatic heterocycles. The van der Waals surface area contributed by atoms with Crippen molar-refractivity contribution in [3.05, 3.63) is 90.0 Å². The van der Waals surface area contributed by atoms with Crippen LogP contribution in [0.4, 0.5) is 5.69 Å². The molecular formula is C22H25ClN4O2. The molecular weight excluding hydrogens is 388 g/mol. The van der Waals surface area contributed by atoms with Gasteiger partial charge in [0.1, 0.15) is 5.82 Å². The van der Waals surface area contributed by atoms with Crippen LogP contribution in [-0.2, 0) is 17.6 Å². The van der Waals surface area contributed by atoms with Crippen molar-refractivity contribution in [1.29, 1.82) is 0 Å². The summed E-state index contributed by atoms with van der Waals surface area (Å²) in [5.41, 5.74) is 2.82. The highest BCUT2D eigenvalue weighted by molar-refractivity contribution is 5.91. The van der Waals surface area contributed by atoms with E-state index in [0.29, 0.717) is 12.4 Å². The van der Waals surface area contributed by atoms with Gasteiger partial charge in [-0.3, -0.25) is 4.79 Å². The van der Waals surface area contributed by atoms with Gasteiger partial charge in [-0.2, -0.15) is 0 Å². The quantitative estimate of drug-likeness (QED) is 0.470. The molecule has 3 aromatic rings. The molecule has 0 aliphatic carbocycles. The molecule has 0 saturated carbocycles. The summed E-state index contributed by atoms with van der Waals surface area (Å²) in [5, 5.41) is 16.3.